The minimum atomic E-state index is -3.29. The third kappa shape index (κ3) is 8.15. The maximum Gasteiger partial charge on any atom is 0.356 e. The second-order valence-electron chi connectivity index (χ2n) is 6.40. The van der Waals surface area contributed by atoms with E-state index in [0.717, 1.165) is 0 Å². The van der Waals surface area contributed by atoms with Gasteiger partial charge in [0.15, 0.2) is 0 Å². The molecule has 0 radical (unpaired) electrons. The smallest absolute Gasteiger partial charge is 0.356 e. The minimum Gasteiger partial charge on any atom is -0.397 e. The van der Waals surface area contributed by atoms with Crippen LogP contribution in [0.3, 0.4) is 0 Å². The molecule has 0 unspecified atom stereocenters. The van der Waals surface area contributed by atoms with Gasteiger partial charge in [0.2, 0.25) is 5.91 Å². The van der Waals surface area contributed by atoms with Crippen molar-refractivity contribution in [1.82, 2.24) is 0 Å². The Morgan fingerprint density at radius 2 is 1.61 bits per heavy atom. The van der Waals surface area contributed by atoms with Crippen molar-refractivity contribution in [3.05, 3.63) is 54.1 Å². The number of anilines is 3. The van der Waals surface area contributed by atoms with Gasteiger partial charge in [0.05, 0.1) is 37.6 Å². The molecule has 4 N–H and O–H groups in total. The van der Waals surface area contributed by atoms with Crippen LogP contribution in [0.1, 0.15) is 30.6 Å². The van der Waals surface area contributed by atoms with E-state index in [1.807, 2.05) is 0 Å². The molecule has 0 atom stereocenters. The number of nitrogen functional groups attached to an aromatic ring is 1. The molecule has 2 rings (SSSR count). The largest absolute Gasteiger partial charge is 0.397 e. The Kier molecular flexibility index (Phi) is 9.68. The molecule has 0 aromatic heterocycles. The molecule has 0 aliphatic carbocycles. The van der Waals surface area contributed by atoms with Gasteiger partial charge in [-0.1, -0.05) is 12.1 Å². The molecule has 2 aromatic rings. The highest BCUT2D eigenvalue weighted by Crippen LogP contribution is 2.47. The van der Waals surface area contributed by atoms with Crippen LogP contribution in [0.4, 0.5) is 17.1 Å². The van der Waals surface area contributed by atoms with E-state index >= 15 is 0 Å². The van der Waals surface area contributed by atoms with Crippen molar-refractivity contribution in [1.29, 1.82) is 0 Å². The van der Waals surface area contributed by atoms with Gasteiger partial charge < -0.3 is 30.2 Å². The number of hydrogen-bond donors (Lipinski definition) is 3. The molecule has 10 heteroatoms. The Labute approximate surface area is 181 Å². The Morgan fingerprint density at radius 3 is 2.23 bits per heavy atom. The molecule has 0 bridgehead atoms. The topological polar surface area (TPSA) is 129 Å². The van der Waals surface area contributed by atoms with Crippen LogP contribution in [0.5, 0.6) is 0 Å². The van der Waals surface area contributed by atoms with E-state index in [-0.39, 0.29) is 44.4 Å². The molecule has 168 valence electrons. The Bertz CT molecular complexity index is 910. The highest BCUT2D eigenvalue weighted by molar-refractivity contribution is 7.53. The lowest BCUT2D eigenvalue weighted by molar-refractivity contribution is -0.117. The van der Waals surface area contributed by atoms with Gasteiger partial charge in [-0.15, -0.1) is 0 Å². The molecular weight excluding hydrogens is 421 g/mol. The SMILES string of the molecule is CCOP(=O)(COCCC(=O)Nc1ccc(C(=O)Nc2ccccc2N)cc1)OCC. The summed E-state index contributed by atoms with van der Waals surface area (Å²) in [6.07, 6.45) is -0.147. The fourth-order valence-corrected chi connectivity index (χ4v) is 3.94. The molecule has 0 saturated carbocycles. The summed E-state index contributed by atoms with van der Waals surface area (Å²) in [6.45, 7) is 3.98. The van der Waals surface area contributed by atoms with Gasteiger partial charge in [-0.05, 0) is 50.2 Å². The van der Waals surface area contributed by atoms with Crippen molar-refractivity contribution in [3.63, 3.8) is 0 Å². The molecule has 2 amide bonds. The van der Waals surface area contributed by atoms with Crippen molar-refractivity contribution in [2.75, 3.05) is 42.5 Å². The average Bonchev–Trinajstić information content (AvgIpc) is 2.74. The number of rotatable bonds is 12. The zero-order valence-corrected chi connectivity index (χ0v) is 18.5. The fraction of sp³-hybridized carbons (Fsp3) is 0.333. The fourth-order valence-electron chi connectivity index (χ4n) is 2.58. The molecule has 9 nitrogen and oxygen atoms in total. The molecule has 31 heavy (non-hydrogen) atoms. The van der Waals surface area contributed by atoms with Gasteiger partial charge in [-0.3, -0.25) is 14.2 Å². The van der Waals surface area contributed by atoms with Crippen molar-refractivity contribution in [2.45, 2.75) is 20.3 Å². The van der Waals surface area contributed by atoms with Crippen LogP contribution in [0.2, 0.25) is 0 Å². The summed E-state index contributed by atoms with van der Waals surface area (Å²) in [5.41, 5.74) is 7.79. The van der Waals surface area contributed by atoms with Gasteiger partial charge in [-0.25, -0.2) is 0 Å². The lowest BCUT2D eigenvalue weighted by Gasteiger charge is -2.16. The molecule has 0 heterocycles. The number of amides is 2. The van der Waals surface area contributed by atoms with E-state index < -0.39 is 7.60 Å². The van der Waals surface area contributed by atoms with Crippen molar-refractivity contribution in [3.8, 4) is 0 Å². The molecule has 0 saturated heterocycles. The first-order valence-corrected chi connectivity index (χ1v) is 11.6. The average molecular weight is 449 g/mol. The highest BCUT2D eigenvalue weighted by Gasteiger charge is 2.23. The number of benzene rings is 2. The number of hydrogen-bond acceptors (Lipinski definition) is 7. The second-order valence-corrected chi connectivity index (χ2v) is 8.40. The zero-order chi connectivity index (χ0) is 22.7. The quantitative estimate of drug-likeness (QED) is 0.253. The summed E-state index contributed by atoms with van der Waals surface area (Å²) in [5, 5.41) is 5.45. The van der Waals surface area contributed by atoms with E-state index in [4.69, 9.17) is 19.5 Å². The van der Waals surface area contributed by atoms with Crippen LogP contribution >= 0.6 is 7.60 Å². The van der Waals surface area contributed by atoms with Gasteiger partial charge >= 0.3 is 7.60 Å². The van der Waals surface area contributed by atoms with Gasteiger partial charge in [0.1, 0.15) is 6.35 Å². The Morgan fingerprint density at radius 1 is 0.968 bits per heavy atom. The Balaban J connectivity index is 1.79. The van der Waals surface area contributed by atoms with Crippen molar-refractivity contribution < 1.29 is 27.9 Å². The van der Waals surface area contributed by atoms with E-state index in [2.05, 4.69) is 10.6 Å². The van der Waals surface area contributed by atoms with Gasteiger partial charge in [0.25, 0.3) is 5.91 Å². The third-order valence-corrected chi connectivity index (χ3v) is 5.82. The minimum absolute atomic E-state index is 0.0633. The van der Waals surface area contributed by atoms with E-state index in [1.165, 1.54) is 0 Å². The first kappa shape index (κ1) is 24.6. The monoisotopic (exact) mass is 449 g/mol. The lowest BCUT2D eigenvalue weighted by atomic mass is 10.1. The zero-order valence-electron chi connectivity index (χ0n) is 17.6. The normalized spacial score (nSPS) is 11.2. The summed E-state index contributed by atoms with van der Waals surface area (Å²) >= 11 is 0. The number of carbonyl (C=O) groups is 2. The van der Waals surface area contributed by atoms with E-state index in [9.17, 15) is 14.2 Å². The van der Waals surface area contributed by atoms with E-state index in [1.54, 1.807) is 62.4 Å². The number of ether oxygens (including phenoxy) is 1. The maximum atomic E-state index is 12.3. The van der Waals surface area contributed by atoms with Crippen LogP contribution in [0, 0.1) is 0 Å². The van der Waals surface area contributed by atoms with Gasteiger partial charge in [-0.2, -0.15) is 0 Å². The van der Waals surface area contributed by atoms with Crippen LogP contribution in [0.15, 0.2) is 48.5 Å². The Hall–Kier alpha value is -2.71. The first-order valence-electron chi connectivity index (χ1n) is 9.88. The van der Waals surface area contributed by atoms with Gasteiger partial charge in [0, 0.05) is 11.3 Å². The summed E-state index contributed by atoms with van der Waals surface area (Å²) < 4.78 is 27.8. The predicted octanol–water partition coefficient (Wildman–Crippen LogP) is 4.09. The van der Waals surface area contributed by atoms with Crippen LogP contribution in [0.25, 0.3) is 0 Å². The van der Waals surface area contributed by atoms with Crippen LogP contribution in [-0.2, 0) is 23.1 Å². The number of carbonyl (C=O) groups excluding carboxylic acids is 2. The third-order valence-electron chi connectivity index (χ3n) is 4.01. The second kappa shape index (κ2) is 12.2. The molecular formula is C21H28N3O6P. The number of nitrogens with two attached hydrogens (primary N) is 1. The molecule has 0 aliphatic rings. The maximum absolute atomic E-state index is 12.3. The molecule has 0 spiro atoms. The van der Waals surface area contributed by atoms with E-state index in [0.29, 0.717) is 22.6 Å². The van der Waals surface area contributed by atoms with Crippen molar-refractivity contribution >= 4 is 36.5 Å². The number of nitrogens with one attached hydrogen (secondary N) is 2. The summed E-state index contributed by atoms with van der Waals surface area (Å²) in [5.74, 6) is -0.589. The molecule has 0 fully saturated rings. The molecule has 2 aromatic carbocycles. The van der Waals surface area contributed by atoms with Crippen LogP contribution in [-0.4, -0.2) is 38.0 Å². The first-order chi connectivity index (χ1) is 14.9. The summed E-state index contributed by atoms with van der Waals surface area (Å²) in [6, 6.07) is 13.4. The predicted molar refractivity (Wildman–Crippen MR) is 120 cm³/mol. The lowest BCUT2D eigenvalue weighted by Crippen LogP contribution is -2.16. The highest BCUT2D eigenvalue weighted by atomic mass is 31.2. The summed E-state index contributed by atoms with van der Waals surface area (Å²) in [7, 11) is -3.29. The standard InChI is InChI=1S/C21H28N3O6P/c1-3-29-31(27,30-4-2)15-28-14-13-20(25)23-17-11-9-16(10-12-17)21(26)24-19-8-6-5-7-18(19)22/h5-12H,3-4,13-15,22H2,1-2H3,(H,23,25)(H,24,26). The van der Waals surface area contributed by atoms with Crippen molar-refractivity contribution in [2.24, 2.45) is 0 Å². The van der Waals surface area contributed by atoms with Crippen LogP contribution < -0.4 is 16.4 Å². The summed E-state index contributed by atoms with van der Waals surface area (Å²) in [4.78, 5) is 24.4. The molecule has 0 aliphatic heterocycles. The number of para-hydroxylation sites is 2.